The topological polar surface area (TPSA) is 58.0 Å². The van der Waals surface area contributed by atoms with Crippen molar-refractivity contribution in [2.45, 2.75) is 24.7 Å². The van der Waals surface area contributed by atoms with Gasteiger partial charge in [0.1, 0.15) is 12.4 Å². The summed E-state index contributed by atoms with van der Waals surface area (Å²) in [7, 11) is 0. The lowest BCUT2D eigenvalue weighted by Gasteiger charge is -2.12. The zero-order valence-electron chi connectivity index (χ0n) is 7.91. The minimum absolute atomic E-state index is 0.394. The number of hydrogen-bond donors (Lipinski definition) is 2. The highest BCUT2D eigenvalue weighted by Gasteiger charge is 2.30. The number of alkyl halides is 2. The number of rotatable bonds is 5. The van der Waals surface area contributed by atoms with Gasteiger partial charge in [0.25, 0.3) is 5.92 Å². The third-order valence-electron chi connectivity index (χ3n) is 2.11. The lowest BCUT2D eigenvalue weighted by molar-refractivity contribution is -0.0372. The van der Waals surface area contributed by atoms with Gasteiger partial charge in [-0.05, 0) is 12.8 Å². The van der Waals surface area contributed by atoms with Crippen LogP contribution in [0.2, 0.25) is 0 Å². The average molecular weight is 235 g/mol. The smallest absolute Gasteiger partial charge is 0.287 e. The average Bonchev–Trinajstić information content (AvgIpc) is 2.96. The van der Waals surface area contributed by atoms with Crippen LogP contribution in [0.25, 0.3) is 0 Å². The van der Waals surface area contributed by atoms with Gasteiger partial charge in [0.2, 0.25) is 5.13 Å². The Balaban J connectivity index is 1.87. The van der Waals surface area contributed by atoms with Gasteiger partial charge >= 0.3 is 0 Å². The fourth-order valence-electron chi connectivity index (χ4n) is 1.07. The van der Waals surface area contributed by atoms with Gasteiger partial charge in [-0.1, -0.05) is 0 Å². The number of halogens is 2. The number of aromatic nitrogens is 2. The minimum Gasteiger partial charge on any atom is -0.390 e. The van der Waals surface area contributed by atoms with Gasteiger partial charge in [-0.15, -0.1) is 0 Å². The molecule has 84 valence electrons. The molecule has 0 bridgehead atoms. The summed E-state index contributed by atoms with van der Waals surface area (Å²) in [5.41, 5.74) is 0. The van der Waals surface area contributed by atoms with Crippen LogP contribution < -0.4 is 5.32 Å². The van der Waals surface area contributed by atoms with Gasteiger partial charge in [0, 0.05) is 17.5 Å². The lowest BCUT2D eigenvalue weighted by Crippen LogP contribution is -2.30. The molecule has 1 aliphatic carbocycles. The highest BCUT2D eigenvalue weighted by Crippen LogP contribution is 2.39. The van der Waals surface area contributed by atoms with E-state index in [1.807, 2.05) is 0 Å². The summed E-state index contributed by atoms with van der Waals surface area (Å²) in [6.45, 7) is -1.77. The van der Waals surface area contributed by atoms with E-state index in [0.29, 0.717) is 11.0 Å². The van der Waals surface area contributed by atoms with Crippen molar-refractivity contribution < 1.29 is 13.9 Å². The van der Waals surface area contributed by atoms with E-state index in [1.54, 1.807) is 0 Å². The second-order valence-electron chi connectivity index (χ2n) is 3.60. The third kappa shape index (κ3) is 2.82. The van der Waals surface area contributed by atoms with E-state index in [1.165, 1.54) is 0 Å². The van der Waals surface area contributed by atoms with Crippen LogP contribution in [-0.4, -0.2) is 33.5 Å². The molecule has 0 spiro atoms. The maximum absolute atomic E-state index is 12.7. The van der Waals surface area contributed by atoms with Crippen molar-refractivity contribution in [1.82, 2.24) is 9.36 Å². The molecule has 1 heterocycles. The van der Waals surface area contributed by atoms with Crippen molar-refractivity contribution in [3.8, 4) is 0 Å². The van der Waals surface area contributed by atoms with Crippen LogP contribution in [0.5, 0.6) is 0 Å². The quantitative estimate of drug-likeness (QED) is 0.811. The van der Waals surface area contributed by atoms with E-state index in [4.69, 9.17) is 5.11 Å². The Morgan fingerprint density at radius 1 is 1.53 bits per heavy atom. The van der Waals surface area contributed by atoms with Crippen molar-refractivity contribution in [3.63, 3.8) is 0 Å². The largest absolute Gasteiger partial charge is 0.390 e. The standard InChI is InChI=1S/C8H11F2N3OS/c9-8(10,4-14)3-11-7-12-6(13-15-7)5-1-2-5/h5,14H,1-4H2,(H,11,12,13). The normalized spacial score (nSPS) is 16.7. The van der Waals surface area contributed by atoms with Crippen LogP contribution >= 0.6 is 11.5 Å². The van der Waals surface area contributed by atoms with Gasteiger partial charge in [-0.3, -0.25) is 0 Å². The fourth-order valence-corrected chi connectivity index (χ4v) is 1.72. The minimum atomic E-state index is -3.11. The summed E-state index contributed by atoms with van der Waals surface area (Å²) in [6.07, 6.45) is 2.17. The fraction of sp³-hybridized carbons (Fsp3) is 0.750. The first-order valence-electron chi connectivity index (χ1n) is 4.67. The van der Waals surface area contributed by atoms with E-state index in [-0.39, 0.29) is 0 Å². The second kappa shape index (κ2) is 3.97. The first-order chi connectivity index (χ1) is 7.11. The van der Waals surface area contributed by atoms with Crippen LogP contribution in [-0.2, 0) is 0 Å². The summed E-state index contributed by atoms with van der Waals surface area (Å²) in [5, 5.41) is 11.2. The molecular formula is C8H11F2N3OS. The number of aliphatic hydroxyl groups is 1. The van der Waals surface area contributed by atoms with Crippen molar-refractivity contribution >= 4 is 16.7 Å². The van der Waals surface area contributed by atoms with Crippen molar-refractivity contribution in [2.24, 2.45) is 0 Å². The molecule has 0 saturated heterocycles. The van der Waals surface area contributed by atoms with Crippen LogP contribution in [0.15, 0.2) is 0 Å². The number of hydrogen-bond acceptors (Lipinski definition) is 5. The maximum Gasteiger partial charge on any atom is 0.287 e. The lowest BCUT2D eigenvalue weighted by atomic mass is 10.3. The number of nitrogens with zero attached hydrogens (tertiary/aromatic N) is 2. The molecule has 1 saturated carbocycles. The summed E-state index contributed by atoms with van der Waals surface area (Å²) >= 11 is 1.08. The monoisotopic (exact) mass is 235 g/mol. The number of anilines is 1. The van der Waals surface area contributed by atoms with Crippen molar-refractivity contribution in [1.29, 1.82) is 0 Å². The van der Waals surface area contributed by atoms with Crippen LogP contribution in [0, 0.1) is 0 Å². The molecule has 4 nitrogen and oxygen atoms in total. The van der Waals surface area contributed by atoms with Crippen LogP contribution in [0.3, 0.4) is 0 Å². The van der Waals surface area contributed by atoms with Crippen molar-refractivity contribution in [3.05, 3.63) is 5.82 Å². The number of aliphatic hydroxyl groups excluding tert-OH is 1. The molecule has 15 heavy (non-hydrogen) atoms. The summed E-state index contributed by atoms with van der Waals surface area (Å²) in [6, 6.07) is 0. The highest BCUT2D eigenvalue weighted by atomic mass is 32.1. The van der Waals surface area contributed by atoms with E-state index < -0.39 is 19.1 Å². The Morgan fingerprint density at radius 2 is 2.27 bits per heavy atom. The molecule has 0 aromatic carbocycles. The summed E-state index contributed by atoms with van der Waals surface area (Å²) in [4.78, 5) is 4.09. The first-order valence-corrected chi connectivity index (χ1v) is 5.44. The molecule has 1 aliphatic rings. The van der Waals surface area contributed by atoms with E-state index in [9.17, 15) is 8.78 Å². The molecule has 1 aromatic rings. The highest BCUT2D eigenvalue weighted by molar-refractivity contribution is 7.09. The molecule has 0 unspecified atom stereocenters. The zero-order chi connectivity index (χ0) is 10.9. The van der Waals surface area contributed by atoms with E-state index in [2.05, 4.69) is 14.7 Å². The maximum atomic E-state index is 12.7. The van der Waals surface area contributed by atoms with Gasteiger partial charge in [0.15, 0.2) is 0 Å². The first kappa shape index (κ1) is 10.7. The van der Waals surface area contributed by atoms with Crippen molar-refractivity contribution in [2.75, 3.05) is 18.5 Å². The Bertz CT molecular complexity index is 340. The Kier molecular flexibility index (Phi) is 2.83. The number of nitrogens with one attached hydrogen (secondary N) is 1. The summed E-state index contributed by atoms with van der Waals surface area (Å²) < 4.78 is 29.4. The van der Waals surface area contributed by atoms with Crippen LogP contribution in [0.1, 0.15) is 24.6 Å². The molecular weight excluding hydrogens is 224 g/mol. The Labute approximate surface area is 89.5 Å². The Morgan fingerprint density at radius 3 is 2.87 bits per heavy atom. The molecule has 1 aromatic heterocycles. The van der Waals surface area contributed by atoms with Gasteiger partial charge in [-0.25, -0.2) is 13.8 Å². The predicted molar refractivity (Wildman–Crippen MR) is 52.4 cm³/mol. The SMILES string of the molecule is OCC(F)(F)CNc1nc(C2CC2)ns1. The predicted octanol–water partition coefficient (Wildman–Crippen LogP) is 1.46. The molecule has 0 radical (unpaired) electrons. The van der Waals surface area contributed by atoms with Gasteiger partial charge in [0.05, 0.1) is 6.54 Å². The molecule has 1 fully saturated rings. The molecule has 0 amide bonds. The molecule has 7 heteroatoms. The Hall–Kier alpha value is -0.820. The van der Waals surface area contributed by atoms with Gasteiger partial charge < -0.3 is 10.4 Å². The van der Waals surface area contributed by atoms with Gasteiger partial charge in [-0.2, -0.15) is 4.37 Å². The summed E-state index contributed by atoms with van der Waals surface area (Å²) in [5.74, 6) is -1.93. The second-order valence-corrected chi connectivity index (χ2v) is 4.35. The molecule has 0 atom stereocenters. The zero-order valence-corrected chi connectivity index (χ0v) is 8.73. The third-order valence-corrected chi connectivity index (χ3v) is 2.80. The van der Waals surface area contributed by atoms with Crippen LogP contribution in [0.4, 0.5) is 13.9 Å². The molecule has 2 rings (SSSR count). The molecule has 0 aliphatic heterocycles. The molecule has 2 N–H and O–H groups in total. The van der Waals surface area contributed by atoms with E-state index >= 15 is 0 Å². The van der Waals surface area contributed by atoms with E-state index in [0.717, 1.165) is 30.2 Å².